The van der Waals surface area contributed by atoms with Gasteiger partial charge in [-0.05, 0) is 78.4 Å². The van der Waals surface area contributed by atoms with E-state index in [4.69, 9.17) is 4.74 Å². The molecular formula is C29H27FOS. The van der Waals surface area contributed by atoms with E-state index in [0.717, 1.165) is 53.9 Å². The van der Waals surface area contributed by atoms with Gasteiger partial charge in [0, 0.05) is 26.3 Å². The summed E-state index contributed by atoms with van der Waals surface area (Å²) in [6.07, 6.45) is 4.35. The van der Waals surface area contributed by atoms with E-state index >= 15 is 0 Å². The fourth-order valence-corrected chi connectivity index (χ4v) is 4.71. The Bertz CT molecular complexity index is 1260. The molecule has 0 spiro atoms. The number of hydrogen-bond acceptors (Lipinski definition) is 2. The van der Waals surface area contributed by atoms with E-state index in [1.165, 1.54) is 16.3 Å². The number of benzene rings is 3. The minimum absolute atomic E-state index is 0.239. The molecular weight excluding hydrogens is 415 g/mol. The molecule has 0 radical (unpaired) electrons. The lowest BCUT2D eigenvalue weighted by Crippen LogP contribution is -1.95. The van der Waals surface area contributed by atoms with Crippen LogP contribution in [0.25, 0.3) is 20.5 Å². The molecule has 3 heteroatoms. The number of unbranched alkanes of at least 4 members (excludes halogenated alkanes) is 1. The second-order valence-electron chi connectivity index (χ2n) is 7.90. The topological polar surface area (TPSA) is 9.23 Å². The van der Waals surface area contributed by atoms with Gasteiger partial charge in [-0.3, -0.25) is 0 Å². The highest BCUT2D eigenvalue weighted by Crippen LogP contribution is 2.35. The van der Waals surface area contributed by atoms with Crippen molar-refractivity contribution in [3.8, 4) is 28.0 Å². The van der Waals surface area contributed by atoms with Crippen LogP contribution in [0.5, 0.6) is 5.75 Å². The number of fused-ring (bicyclic) bond motifs is 1. The van der Waals surface area contributed by atoms with Crippen LogP contribution in [0.1, 0.15) is 49.8 Å². The lowest BCUT2D eigenvalue weighted by molar-refractivity contribution is 0.309. The van der Waals surface area contributed by atoms with Crippen molar-refractivity contribution in [3.05, 3.63) is 89.2 Å². The average molecular weight is 443 g/mol. The summed E-state index contributed by atoms with van der Waals surface area (Å²) in [7, 11) is 0. The summed E-state index contributed by atoms with van der Waals surface area (Å²) in [5.74, 6) is 6.80. The molecule has 4 rings (SSSR count). The van der Waals surface area contributed by atoms with Crippen LogP contribution in [-0.4, -0.2) is 6.61 Å². The zero-order chi connectivity index (χ0) is 22.3. The second kappa shape index (κ2) is 10.5. The first kappa shape index (κ1) is 22.1. The molecule has 0 unspecified atom stereocenters. The SMILES string of the molecule is CCCCOc1ccc(C#Cc2ccc(-c3cc4ccc(CCC)cc4s3)c(F)c2)cc1. The van der Waals surface area contributed by atoms with Crippen molar-refractivity contribution < 1.29 is 9.13 Å². The molecule has 1 aromatic heterocycles. The highest BCUT2D eigenvalue weighted by atomic mass is 32.1. The Morgan fingerprint density at radius 1 is 0.844 bits per heavy atom. The molecule has 0 amide bonds. The van der Waals surface area contributed by atoms with Crippen LogP contribution in [0.4, 0.5) is 4.39 Å². The predicted molar refractivity (Wildman–Crippen MR) is 134 cm³/mol. The third-order valence-electron chi connectivity index (χ3n) is 5.33. The first-order chi connectivity index (χ1) is 15.7. The summed E-state index contributed by atoms with van der Waals surface area (Å²) >= 11 is 1.64. The zero-order valence-electron chi connectivity index (χ0n) is 18.6. The molecule has 0 aliphatic rings. The molecule has 0 saturated carbocycles. The second-order valence-corrected chi connectivity index (χ2v) is 8.99. The molecule has 3 aromatic carbocycles. The number of halogens is 1. The number of rotatable bonds is 7. The van der Waals surface area contributed by atoms with E-state index in [1.54, 1.807) is 11.3 Å². The molecule has 0 bridgehead atoms. The van der Waals surface area contributed by atoms with Gasteiger partial charge < -0.3 is 4.74 Å². The summed E-state index contributed by atoms with van der Waals surface area (Å²) in [6.45, 7) is 5.05. The number of thiophene rings is 1. The Labute approximate surface area is 193 Å². The highest BCUT2D eigenvalue weighted by Gasteiger charge is 2.10. The zero-order valence-corrected chi connectivity index (χ0v) is 19.4. The van der Waals surface area contributed by atoms with Gasteiger partial charge in [-0.1, -0.05) is 50.7 Å². The molecule has 0 atom stereocenters. The Hall–Kier alpha value is -3.09. The van der Waals surface area contributed by atoms with Crippen molar-refractivity contribution in [1.29, 1.82) is 0 Å². The van der Waals surface area contributed by atoms with Crippen molar-refractivity contribution in [1.82, 2.24) is 0 Å². The van der Waals surface area contributed by atoms with Crippen LogP contribution in [0.2, 0.25) is 0 Å². The number of aryl methyl sites for hydroxylation is 1. The Morgan fingerprint density at radius 3 is 2.38 bits per heavy atom. The maximum absolute atomic E-state index is 14.9. The molecule has 4 aromatic rings. The summed E-state index contributed by atoms with van der Waals surface area (Å²) in [6, 6.07) is 21.6. The van der Waals surface area contributed by atoms with Crippen LogP contribution >= 0.6 is 11.3 Å². The van der Waals surface area contributed by atoms with Crippen LogP contribution < -0.4 is 4.74 Å². The van der Waals surface area contributed by atoms with Crippen LogP contribution in [0, 0.1) is 17.7 Å². The van der Waals surface area contributed by atoms with E-state index in [0.29, 0.717) is 11.1 Å². The van der Waals surface area contributed by atoms with Crippen molar-refractivity contribution >= 4 is 21.4 Å². The normalized spacial score (nSPS) is 10.7. The first-order valence-corrected chi connectivity index (χ1v) is 12.0. The maximum atomic E-state index is 14.9. The molecule has 1 heterocycles. The molecule has 0 fully saturated rings. The first-order valence-electron chi connectivity index (χ1n) is 11.2. The van der Waals surface area contributed by atoms with Gasteiger partial charge in [-0.2, -0.15) is 0 Å². The fourth-order valence-electron chi connectivity index (χ4n) is 3.56. The van der Waals surface area contributed by atoms with Gasteiger partial charge in [0.2, 0.25) is 0 Å². The van der Waals surface area contributed by atoms with Crippen molar-refractivity contribution in [3.63, 3.8) is 0 Å². The molecule has 162 valence electrons. The van der Waals surface area contributed by atoms with Crippen molar-refractivity contribution in [2.24, 2.45) is 0 Å². The molecule has 0 aliphatic heterocycles. The van der Waals surface area contributed by atoms with Crippen molar-refractivity contribution in [2.45, 2.75) is 39.5 Å². The molecule has 0 saturated heterocycles. The van der Waals surface area contributed by atoms with Crippen LogP contribution in [0.3, 0.4) is 0 Å². The van der Waals surface area contributed by atoms with E-state index < -0.39 is 0 Å². The molecule has 1 nitrogen and oxygen atoms in total. The minimum Gasteiger partial charge on any atom is -0.494 e. The standard InChI is InChI=1S/C29H27FOS/c1-3-5-17-31-25-14-10-21(11-15-25)7-8-23-12-16-26(27(30)18-23)29-20-24-13-9-22(6-4-2)19-28(24)32-29/h9-16,18-20H,3-6,17H2,1-2H3. The third kappa shape index (κ3) is 5.39. The summed E-state index contributed by atoms with van der Waals surface area (Å²) in [5, 5.41) is 1.16. The average Bonchev–Trinajstić information content (AvgIpc) is 3.22. The van der Waals surface area contributed by atoms with Gasteiger partial charge in [-0.25, -0.2) is 4.39 Å². The van der Waals surface area contributed by atoms with Crippen LogP contribution in [0.15, 0.2) is 66.7 Å². The van der Waals surface area contributed by atoms with Crippen molar-refractivity contribution in [2.75, 3.05) is 6.61 Å². The molecule has 0 N–H and O–H groups in total. The lowest BCUT2D eigenvalue weighted by Gasteiger charge is -2.04. The van der Waals surface area contributed by atoms with E-state index in [2.05, 4.69) is 50.0 Å². The van der Waals surface area contributed by atoms with Gasteiger partial charge in [-0.15, -0.1) is 11.3 Å². The summed E-state index contributed by atoms with van der Waals surface area (Å²) in [5.41, 5.74) is 3.51. The third-order valence-corrected chi connectivity index (χ3v) is 6.46. The Balaban J connectivity index is 1.50. The van der Waals surface area contributed by atoms with Gasteiger partial charge in [0.05, 0.1) is 6.61 Å². The van der Waals surface area contributed by atoms with Gasteiger partial charge in [0.25, 0.3) is 0 Å². The number of ether oxygens (including phenoxy) is 1. The Kier molecular flexibility index (Phi) is 7.24. The largest absolute Gasteiger partial charge is 0.494 e. The highest BCUT2D eigenvalue weighted by molar-refractivity contribution is 7.22. The van der Waals surface area contributed by atoms with Gasteiger partial charge >= 0.3 is 0 Å². The quantitative estimate of drug-likeness (QED) is 0.207. The van der Waals surface area contributed by atoms with E-state index in [1.807, 2.05) is 36.4 Å². The maximum Gasteiger partial charge on any atom is 0.133 e. The molecule has 32 heavy (non-hydrogen) atoms. The smallest absolute Gasteiger partial charge is 0.133 e. The van der Waals surface area contributed by atoms with E-state index in [-0.39, 0.29) is 5.82 Å². The summed E-state index contributed by atoms with van der Waals surface area (Å²) in [4.78, 5) is 0.948. The van der Waals surface area contributed by atoms with Crippen LogP contribution in [-0.2, 0) is 6.42 Å². The molecule has 0 aliphatic carbocycles. The lowest BCUT2D eigenvalue weighted by atomic mass is 10.1. The van der Waals surface area contributed by atoms with Gasteiger partial charge in [0.15, 0.2) is 0 Å². The fraction of sp³-hybridized carbons (Fsp3) is 0.241. The summed E-state index contributed by atoms with van der Waals surface area (Å²) < 4.78 is 21.8. The van der Waals surface area contributed by atoms with E-state index in [9.17, 15) is 4.39 Å². The number of hydrogen-bond donors (Lipinski definition) is 0. The monoisotopic (exact) mass is 442 g/mol. The predicted octanol–water partition coefficient (Wildman–Crippen LogP) is 8.24. The van der Waals surface area contributed by atoms with Gasteiger partial charge in [0.1, 0.15) is 11.6 Å². The minimum atomic E-state index is -0.239. The Morgan fingerprint density at radius 2 is 1.62 bits per heavy atom.